The van der Waals surface area contributed by atoms with Gasteiger partial charge in [0.2, 0.25) is 0 Å². The molecule has 0 aliphatic heterocycles. The molecule has 1 aliphatic rings. The lowest BCUT2D eigenvalue weighted by atomic mass is 9.89. The zero-order chi connectivity index (χ0) is 9.19. The third-order valence-corrected chi connectivity index (χ3v) is 3.20. The van der Waals surface area contributed by atoms with Gasteiger partial charge in [-0.1, -0.05) is 32.9 Å². The van der Waals surface area contributed by atoms with E-state index in [1.165, 1.54) is 19.3 Å². The highest BCUT2D eigenvalue weighted by Crippen LogP contribution is 2.59. The Balaban J connectivity index is 2.47. The molecule has 1 aliphatic carbocycles. The lowest BCUT2D eigenvalue weighted by molar-refractivity contribution is 0.360. The maximum Gasteiger partial charge on any atom is -0.0171 e. The maximum atomic E-state index is 2.39. The fraction of sp³-hybridized carbons (Fsp3) is 0.833. The number of hydrogen-bond donors (Lipinski definition) is 0. The van der Waals surface area contributed by atoms with E-state index in [2.05, 4.69) is 39.8 Å². The summed E-state index contributed by atoms with van der Waals surface area (Å²) in [5.41, 5.74) is 0.695. The van der Waals surface area contributed by atoms with Gasteiger partial charge in [0.25, 0.3) is 0 Å². The first-order valence-corrected chi connectivity index (χ1v) is 5.27. The van der Waals surface area contributed by atoms with E-state index in [0.717, 1.165) is 11.8 Å². The van der Waals surface area contributed by atoms with Gasteiger partial charge in [0, 0.05) is 0 Å². The topological polar surface area (TPSA) is 0 Å². The van der Waals surface area contributed by atoms with Crippen molar-refractivity contribution in [1.29, 1.82) is 0 Å². The summed E-state index contributed by atoms with van der Waals surface area (Å²) < 4.78 is 0. The Labute approximate surface area is 77.1 Å². The summed E-state index contributed by atoms with van der Waals surface area (Å²) in [7, 11) is 0. The number of rotatable bonds is 4. The van der Waals surface area contributed by atoms with Crippen LogP contribution in [0.3, 0.4) is 0 Å². The first-order valence-electron chi connectivity index (χ1n) is 5.27. The van der Waals surface area contributed by atoms with Crippen LogP contribution in [-0.4, -0.2) is 0 Å². The van der Waals surface area contributed by atoms with E-state index in [0.29, 0.717) is 5.41 Å². The zero-order valence-corrected chi connectivity index (χ0v) is 8.93. The van der Waals surface area contributed by atoms with Crippen LogP contribution in [0.4, 0.5) is 0 Å². The van der Waals surface area contributed by atoms with Crippen molar-refractivity contribution in [3.05, 3.63) is 12.2 Å². The molecular formula is C12H22. The van der Waals surface area contributed by atoms with E-state index in [1.54, 1.807) is 0 Å². The second-order valence-corrected chi connectivity index (χ2v) is 4.65. The van der Waals surface area contributed by atoms with Crippen molar-refractivity contribution >= 4 is 0 Å². The molecule has 12 heavy (non-hydrogen) atoms. The van der Waals surface area contributed by atoms with Crippen molar-refractivity contribution in [2.75, 3.05) is 0 Å². The van der Waals surface area contributed by atoms with Crippen molar-refractivity contribution in [3.8, 4) is 0 Å². The molecule has 0 bridgehead atoms. The van der Waals surface area contributed by atoms with E-state index < -0.39 is 0 Å². The van der Waals surface area contributed by atoms with Crippen LogP contribution in [0.15, 0.2) is 12.2 Å². The standard InChI is InChI=1S/C12H22/c1-5-7-11-9-12(11,6-2)8-10(3)4/h5,7,10-11H,6,8-9H2,1-4H3. The molecule has 0 aromatic heterocycles. The minimum Gasteiger partial charge on any atom is -0.0914 e. The summed E-state index contributed by atoms with van der Waals surface area (Å²) >= 11 is 0. The van der Waals surface area contributed by atoms with Gasteiger partial charge in [-0.25, -0.2) is 0 Å². The Kier molecular flexibility index (Phi) is 2.98. The molecule has 2 atom stereocenters. The molecule has 0 nitrogen and oxygen atoms in total. The van der Waals surface area contributed by atoms with Crippen LogP contribution in [0.25, 0.3) is 0 Å². The van der Waals surface area contributed by atoms with Crippen LogP contribution in [0.2, 0.25) is 0 Å². The predicted molar refractivity (Wildman–Crippen MR) is 55.1 cm³/mol. The van der Waals surface area contributed by atoms with Gasteiger partial charge in [0.05, 0.1) is 0 Å². The summed E-state index contributed by atoms with van der Waals surface area (Å²) in [6.45, 7) is 9.14. The Hall–Kier alpha value is -0.260. The molecule has 0 saturated heterocycles. The van der Waals surface area contributed by atoms with E-state index in [-0.39, 0.29) is 0 Å². The summed E-state index contributed by atoms with van der Waals surface area (Å²) in [5, 5.41) is 0. The minimum absolute atomic E-state index is 0.695. The average Bonchev–Trinajstić information content (AvgIpc) is 2.64. The molecule has 0 radical (unpaired) electrons. The van der Waals surface area contributed by atoms with Crippen molar-refractivity contribution in [2.45, 2.75) is 47.0 Å². The van der Waals surface area contributed by atoms with E-state index in [9.17, 15) is 0 Å². The van der Waals surface area contributed by atoms with E-state index in [4.69, 9.17) is 0 Å². The molecule has 1 rings (SSSR count). The van der Waals surface area contributed by atoms with Gasteiger partial charge in [0.1, 0.15) is 0 Å². The monoisotopic (exact) mass is 166 g/mol. The molecule has 0 spiro atoms. The van der Waals surface area contributed by atoms with E-state index in [1.807, 2.05) is 0 Å². The highest BCUT2D eigenvalue weighted by molar-refractivity contribution is 5.10. The van der Waals surface area contributed by atoms with Crippen molar-refractivity contribution in [1.82, 2.24) is 0 Å². The Bertz CT molecular complexity index is 167. The molecule has 2 unspecified atom stereocenters. The van der Waals surface area contributed by atoms with Crippen LogP contribution >= 0.6 is 0 Å². The van der Waals surface area contributed by atoms with Crippen molar-refractivity contribution in [2.24, 2.45) is 17.3 Å². The maximum absolute atomic E-state index is 2.39. The van der Waals surface area contributed by atoms with Crippen LogP contribution in [-0.2, 0) is 0 Å². The SMILES string of the molecule is CC=CC1CC1(CC)CC(C)C. The second kappa shape index (κ2) is 3.64. The molecule has 1 saturated carbocycles. The van der Waals surface area contributed by atoms with Crippen molar-refractivity contribution < 1.29 is 0 Å². The summed E-state index contributed by atoms with van der Waals surface area (Å²) in [4.78, 5) is 0. The Morgan fingerprint density at radius 3 is 2.58 bits per heavy atom. The molecule has 0 N–H and O–H groups in total. The van der Waals surface area contributed by atoms with Gasteiger partial charge in [-0.2, -0.15) is 0 Å². The first kappa shape index (κ1) is 9.83. The van der Waals surface area contributed by atoms with Crippen LogP contribution < -0.4 is 0 Å². The van der Waals surface area contributed by atoms with Crippen LogP contribution in [0, 0.1) is 17.3 Å². The predicted octanol–water partition coefficient (Wildman–Crippen LogP) is 4.02. The summed E-state index contributed by atoms with van der Waals surface area (Å²) in [6.07, 6.45) is 8.82. The third-order valence-electron chi connectivity index (χ3n) is 3.20. The summed E-state index contributed by atoms with van der Waals surface area (Å²) in [5.74, 6) is 1.76. The fourth-order valence-corrected chi connectivity index (χ4v) is 2.48. The normalized spacial score (nSPS) is 34.9. The molecule has 0 aromatic rings. The Morgan fingerprint density at radius 2 is 2.17 bits per heavy atom. The first-order chi connectivity index (χ1) is 5.64. The van der Waals surface area contributed by atoms with E-state index >= 15 is 0 Å². The van der Waals surface area contributed by atoms with Crippen molar-refractivity contribution in [3.63, 3.8) is 0 Å². The number of allylic oxidation sites excluding steroid dienone is 2. The highest BCUT2D eigenvalue weighted by Gasteiger charge is 2.50. The lowest BCUT2D eigenvalue weighted by Crippen LogP contribution is -2.05. The lowest BCUT2D eigenvalue weighted by Gasteiger charge is -2.16. The molecule has 0 amide bonds. The molecule has 70 valence electrons. The quantitative estimate of drug-likeness (QED) is 0.553. The van der Waals surface area contributed by atoms with Gasteiger partial charge < -0.3 is 0 Å². The van der Waals surface area contributed by atoms with Crippen LogP contribution in [0.5, 0.6) is 0 Å². The molecule has 1 fully saturated rings. The van der Waals surface area contributed by atoms with Crippen LogP contribution in [0.1, 0.15) is 47.0 Å². The smallest absolute Gasteiger partial charge is 0.0171 e. The third kappa shape index (κ3) is 1.91. The van der Waals surface area contributed by atoms with Gasteiger partial charge in [0.15, 0.2) is 0 Å². The molecule has 0 heteroatoms. The second-order valence-electron chi connectivity index (χ2n) is 4.65. The van der Waals surface area contributed by atoms with Gasteiger partial charge in [-0.15, -0.1) is 0 Å². The fourth-order valence-electron chi connectivity index (χ4n) is 2.48. The largest absolute Gasteiger partial charge is 0.0914 e. The number of hydrogen-bond acceptors (Lipinski definition) is 0. The highest BCUT2D eigenvalue weighted by atomic mass is 14.5. The van der Waals surface area contributed by atoms with Gasteiger partial charge in [-0.3, -0.25) is 0 Å². The molecular weight excluding hydrogens is 144 g/mol. The summed E-state index contributed by atoms with van der Waals surface area (Å²) in [6, 6.07) is 0. The molecule has 0 heterocycles. The van der Waals surface area contributed by atoms with Gasteiger partial charge in [-0.05, 0) is 43.4 Å². The molecule has 0 aromatic carbocycles. The Morgan fingerprint density at radius 1 is 1.50 bits per heavy atom. The minimum atomic E-state index is 0.695. The zero-order valence-electron chi connectivity index (χ0n) is 8.93. The van der Waals surface area contributed by atoms with Gasteiger partial charge >= 0.3 is 0 Å². The average molecular weight is 166 g/mol.